The largest absolute Gasteiger partial charge is 0.341 e. The molecule has 1 amide bonds. The standard InChI is InChI=1S/C12H17FN4O/c1-7-5-8(7)6-17(2)12(18)9-3-4-15-11(16-14)10(9)13/h3-4,7-8H,5-6,14H2,1-2H3,(H,15,16). The maximum Gasteiger partial charge on any atom is 0.256 e. The van der Waals surface area contributed by atoms with Gasteiger partial charge in [-0.3, -0.25) is 4.79 Å². The lowest BCUT2D eigenvalue weighted by atomic mass is 10.2. The number of nitrogens with one attached hydrogen (secondary N) is 1. The highest BCUT2D eigenvalue weighted by atomic mass is 19.1. The van der Waals surface area contributed by atoms with Crippen molar-refractivity contribution in [2.75, 3.05) is 19.0 Å². The van der Waals surface area contributed by atoms with Crippen LogP contribution < -0.4 is 11.3 Å². The summed E-state index contributed by atoms with van der Waals surface area (Å²) < 4.78 is 13.9. The molecule has 18 heavy (non-hydrogen) atoms. The summed E-state index contributed by atoms with van der Waals surface area (Å²) in [5.41, 5.74) is 2.13. The molecule has 1 heterocycles. The number of carbonyl (C=O) groups is 1. The maximum absolute atomic E-state index is 13.9. The fourth-order valence-corrected chi connectivity index (χ4v) is 2.00. The van der Waals surface area contributed by atoms with E-state index >= 15 is 0 Å². The second kappa shape index (κ2) is 4.89. The Morgan fingerprint density at radius 2 is 2.39 bits per heavy atom. The summed E-state index contributed by atoms with van der Waals surface area (Å²) in [6.07, 6.45) is 2.49. The molecular formula is C12H17FN4O. The first-order valence-corrected chi connectivity index (χ1v) is 5.91. The summed E-state index contributed by atoms with van der Waals surface area (Å²) >= 11 is 0. The lowest BCUT2D eigenvalue weighted by Crippen LogP contribution is -2.30. The molecule has 1 aromatic heterocycles. The number of aromatic nitrogens is 1. The number of nitrogen functional groups attached to an aromatic ring is 1. The highest BCUT2D eigenvalue weighted by Crippen LogP contribution is 2.38. The minimum Gasteiger partial charge on any atom is -0.341 e. The van der Waals surface area contributed by atoms with Gasteiger partial charge >= 0.3 is 0 Å². The summed E-state index contributed by atoms with van der Waals surface area (Å²) in [6.45, 7) is 2.81. The number of hydrogen-bond donors (Lipinski definition) is 2. The Morgan fingerprint density at radius 3 is 2.94 bits per heavy atom. The van der Waals surface area contributed by atoms with Gasteiger partial charge in [-0.15, -0.1) is 0 Å². The molecule has 0 bridgehead atoms. The highest BCUT2D eigenvalue weighted by Gasteiger charge is 2.34. The average Bonchev–Trinajstić information content (AvgIpc) is 3.04. The topological polar surface area (TPSA) is 71.2 Å². The van der Waals surface area contributed by atoms with Crippen LogP contribution >= 0.6 is 0 Å². The van der Waals surface area contributed by atoms with E-state index in [2.05, 4.69) is 17.3 Å². The highest BCUT2D eigenvalue weighted by molar-refractivity contribution is 5.95. The normalized spacial score (nSPS) is 21.6. The van der Waals surface area contributed by atoms with Gasteiger partial charge < -0.3 is 10.3 Å². The Morgan fingerprint density at radius 1 is 1.72 bits per heavy atom. The second-order valence-corrected chi connectivity index (χ2v) is 4.82. The number of carbonyl (C=O) groups excluding carboxylic acids is 1. The van der Waals surface area contributed by atoms with Gasteiger partial charge in [-0.05, 0) is 24.3 Å². The Labute approximate surface area is 105 Å². The number of amides is 1. The van der Waals surface area contributed by atoms with Crippen molar-refractivity contribution in [2.24, 2.45) is 17.7 Å². The van der Waals surface area contributed by atoms with Crippen molar-refractivity contribution < 1.29 is 9.18 Å². The maximum atomic E-state index is 13.9. The molecule has 3 N–H and O–H groups in total. The molecular weight excluding hydrogens is 235 g/mol. The number of nitrogens with two attached hydrogens (primary N) is 1. The second-order valence-electron chi connectivity index (χ2n) is 4.82. The third kappa shape index (κ3) is 2.43. The van der Waals surface area contributed by atoms with Crippen molar-refractivity contribution in [3.63, 3.8) is 0 Å². The predicted octanol–water partition coefficient (Wildman–Crippen LogP) is 1.23. The molecule has 0 spiro atoms. The van der Waals surface area contributed by atoms with Crippen molar-refractivity contribution in [3.8, 4) is 0 Å². The quantitative estimate of drug-likeness (QED) is 0.624. The molecule has 1 aliphatic rings. The molecule has 2 unspecified atom stereocenters. The molecule has 1 saturated carbocycles. The number of hydrogen-bond acceptors (Lipinski definition) is 4. The van der Waals surface area contributed by atoms with Crippen LogP contribution in [0.4, 0.5) is 10.2 Å². The molecule has 0 saturated heterocycles. The number of hydrazine groups is 1. The molecule has 5 nitrogen and oxygen atoms in total. The first kappa shape index (κ1) is 12.8. The van der Waals surface area contributed by atoms with Crippen LogP contribution in [0.25, 0.3) is 0 Å². The lowest BCUT2D eigenvalue weighted by molar-refractivity contribution is 0.0782. The SMILES string of the molecule is CC1CC1CN(C)C(=O)c1ccnc(NN)c1F. The van der Waals surface area contributed by atoms with Gasteiger partial charge in [0.15, 0.2) is 11.6 Å². The van der Waals surface area contributed by atoms with Crippen molar-refractivity contribution >= 4 is 11.7 Å². The molecule has 1 fully saturated rings. The minimum atomic E-state index is -0.708. The van der Waals surface area contributed by atoms with Crippen LogP contribution in [0.15, 0.2) is 12.3 Å². The third-order valence-corrected chi connectivity index (χ3v) is 3.39. The van der Waals surface area contributed by atoms with E-state index in [4.69, 9.17) is 5.84 Å². The van der Waals surface area contributed by atoms with Crippen LogP contribution in [0.3, 0.4) is 0 Å². The summed E-state index contributed by atoms with van der Waals surface area (Å²) in [5, 5.41) is 0. The monoisotopic (exact) mass is 252 g/mol. The van der Waals surface area contributed by atoms with E-state index in [1.807, 2.05) is 0 Å². The lowest BCUT2D eigenvalue weighted by Gasteiger charge is -2.17. The molecule has 1 aromatic rings. The molecule has 1 aliphatic carbocycles. The first-order valence-electron chi connectivity index (χ1n) is 5.91. The van der Waals surface area contributed by atoms with Crippen LogP contribution in [0.1, 0.15) is 23.7 Å². The molecule has 0 aromatic carbocycles. The van der Waals surface area contributed by atoms with Crippen molar-refractivity contribution in [1.82, 2.24) is 9.88 Å². The molecule has 0 radical (unpaired) electrons. The van der Waals surface area contributed by atoms with Gasteiger partial charge in [0, 0.05) is 19.8 Å². The van der Waals surface area contributed by atoms with Gasteiger partial charge in [0.2, 0.25) is 0 Å². The molecule has 2 atom stereocenters. The first-order chi connectivity index (χ1) is 8.54. The van der Waals surface area contributed by atoms with Crippen molar-refractivity contribution in [1.29, 1.82) is 0 Å². The molecule has 0 aliphatic heterocycles. The third-order valence-electron chi connectivity index (χ3n) is 3.39. The van der Waals surface area contributed by atoms with Gasteiger partial charge in [-0.25, -0.2) is 15.2 Å². The average molecular weight is 252 g/mol. The Kier molecular flexibility index (Phi) is 3.47. The minimum absolute atomic E-state index is 0.00578. The van der Waals surface area contributed by atoms with E-state index in [9.17, 15) is 9.18 Å². The smallest absolute Gasteiger partial charge is 0.256 e. The summed E-state index contributed by atoms with van der Waals surface area (Å²) in [7, 11) is 1.68. The van der Waals surface area contributed by atoms with Crippen molar-refractivity contribution in [2.45, 2.75) is 13.3 Å². The van der Waals surface area contributed by atoms with Crippen molar-refractivity contribution in [3.05, 3.63) is 23.6 Å². The summed E-state index contributed by atoms with van der Waals surface area (Å²) in [4.78, 5) is 17.3. The predicted molar refractivity (Wildman–Crippen MR) is 66.2 cm³/mol. The van der Waals surface area contributed by atoms with E-state index in [1.165, 1.54) is 12.3 Å². The van der Waals surface area contributed by atoms with Gasteiger partial charge in [-0.1, -0.05) is 6.92 Å². The van der Waals surface area contributed by atoms with E-state index in [1.54, 1.807) is 11.9 Å². The number of nitrogens with zero attached hydrogens (tertiary/aromatic N) is 2. The summed E-state index contributed by atoms with van der Waals surface area (Å²) in [5.74, 6) is 5.16. The number of pyridine rings is 1. The number of rotatable bonds is 4. The van der Waals surface area contributed by atoms with E-state index in [0.29, 0.717) is 18.4 Å². The fourth-order valence-electron chi connectivity index (χ4n) is 2.00. The fraction of sp³-hybridized carbons (Fsp3) is 0.500. The van der Waals surface area contributed by atoms with Gasteiger partial charge in [-0.2, -0.15) is 0 Å². The van der Waals surface area contributed by atoms with Crippen LogP contribution in [-0.4, -0.2) is 29.4 Å². The molecule has 98 valence electrons. The Hall–Kier alpha value is -1.69. The van der Waals surface area contributed by atoms with Gasteiger partial charge in [0.25, 0.3) is 5.91 Å². The van der Waals surface area contributed by atoms with Gasteiger partial charge in [0.1, 0.15) is 0 Å². The zero-order chi connectivity index (χ0) is 13.3. The van der Waals surface area contributed by atoms with Crippen LogP contribution in [0.5, 0.6) is 0 Å². The van der Waals surface area contributed by atoms with Crippen LogP contribution in [0, 0.1) is 17.7 Å². The Bertz CT molecular complexity index is 465. The number of anilines is 1. The Balaban J connectivity index is 2.12. The molecule has 2 rings (SSSR count). The van der Waals surface area contributed by atoms with Crippen LogP contribution in [0.2, 0.25) is 0 Å². The zero-order valence-electron chi connectivity index (χ0n) is 10.5. The molecule has 6 heteroatoms. The van der Waals surface area contributed by atoms with E-state index in [-0.39, 0.29) is 17.3 Å². The number of halogens is 1. The van der Waals surface area contributed by atoms with Crippen LogP contribution in [-0.2, 0) is 0 Å². The van der Waals surface area contributed by atoms with Gasteiger partial charge in [0.05, 0.1) is 5.56 Å². The zero-order valence-corrected chi connectivity index (χ0v) is 10.5. The van der Waals surface area contributed by atoms with E-state index in [0.717, 1.165) is 6.42 Å². The summed E-state index contributed by atoms with van der Waals surface area (Å²) in [6, 6.07) is 1.37. The van der Waals surface area contributed by atoms with E-state index < -0.39 is 5.82 Å².